The summed E-state index contributed by atoms with van der Waals surface area (Å²) in [6.07, 6.45) is 4.33. The second-order valence-electron chi connectivity index (χ2n) is 5.81. The highest BCUT2D eigenvalue weighted by atomic mass is 16.5. The number of methoxy groups -OCH3 is 2. The number of piperidine rings is 1. The Bertz CT molecular complexity index is 544. The van der Waals surface area contributed by atoms with Crippen molar-refractivity contribution in [2.45, 2.75) is 44.6 Å². The minimum Gasteiger partial charge on any atom is -0.497 e. The third kappa shape index (κ3) is 4.71. The van der Waals surface area contributed by atoms with Crippen LogP contribution in [-0.2, 0) is 14.3 Å². The van der Waals surface area contributed by atoms with Gasteiger partial charge in [0.25, 0.3) is 0 Å². The van der Waals surface area contributed by atoms with Crippen molar-refractivity contribution in [2.24, 2.45) is 0 Å². The number of amides is 1. The van der Waals surface area contributed by atoms with Crippen molar-refractivity contribution in [3.63, 3.8) is 0 Å². The second kappa shape index (κ2) is 8.56. The minimum atomic E-state index is -0.263. The third-order valence-corrected chi connectivity index (χ3v) is 4.30. The van der Waals surface area contributed by atoms with Crippen molar-refractivity contribution in [1.82, 2.24) is 4.90 Å². The number of esters is 1. The van der Waals surface area contributed by atoms with Crippen LogP contribution in [0.5, 0.6) is 5.75 Å². The SMILES string of the molecule is COC(=O)CCCC(=O)N1CCCC[C@@H]1c1cccc(OC)c1. The summed E-state index contributed by atoms with van der Waals surface area (Å²) in [7, 11) is 3.02. The minimum absolute atomic E-state index is 0.101. The van der Waals surface area contributed by atoms with E-state index in [1.165, 1.54) is 7.11 Å². The number of hydrogen-bond acceptors (Lipinski definition) is 4. The Morgan fingerprint density at radius 1 is 1.22 bits per heavy atom. The molecule has 1 aliphatic heterocycles. The van der Waals surface area contributed by atoms with E-state index < -0.39 is 0 Å². The Hall–Kier alpha value is -2.04. The normalized spacial score (nSPS) is 17.7. The summed E-state index contributed by atoms with van der Waals surface area (Å²) >= 11 is 0. The molecule has 0 N–H and O–H groups in total. The first-order valence-corrected chi connectivity index (χ1v) is 8.16. The molecule has 5 nitrogen and oxygen atoms in total. The van der Waals surface area contributed by atoms with Gasteiger partial charge in [0.2, 0.25) is 5.91 Å². The van der Waals surface area contributed by atoms with E-state index >= 15 is 0 Å². The quantitative estimate of drug-likeness (QED) is 0.756. The molecule has 0 aromatic heterocycles. The molecule has 0 unspecified atom stereocenters. The highest BCUT2D eigenvalue weighted by molar-refractivity contribution is 5.77. The maximum Gasteiger partial charge on any atom is 0.305 e. The zero-order chi connectivity index (χ0) is 16.7. The Morgan fingerprint density at radius 3 is 2.78 bits per heavy atom. The zero-order valence-electron chi connectivity index (χ0n) is 13.9. The maximum atomic E-state index is 12.5. The monoisotopic (exact) mass is 319 g/mol. The topological polar surface area (TPSA) is 55.8 Å². The Labute approximate surface area is 137 Å². The summed E-state index contributed by atoms with van der Waals surface area (Å²) < 4.78 is 9.91. The molecule has 1 amide bonds. The second-order valence-corrected chi connectivity index (χ2v) is 5.81. The molecule has 126 valence electrons. The molecule has 1 aromatic rings. The van der Waals surface area contributed by atoms with Crippen molar-refractivity contribution in [3.8, 4) is 5.75 Å². The van der Waals surface area contributed by atoms with E-state index in [0.29, 0.717) is 19.3 Å². The summed E-state index contributed by atoms with van der Waals surface area (Å²) in [5.74, 6) is 0.661. The molecule has 5 heteroatoms. The van der Waals surface area contributed by atoms with Crippen LogP contribution in [0.25, 0.3) is 0 Å². The molecule has 1 aromatic carbocycles. The number of carbonyl (C=O) groups is 2. The lowest BCUT2D eigenvalue weighted by Gasteiger charge is -2.36. The summed E-state index contributed by atoms with van der Waals surface area (Å²) in [5, 5.41) is 0. The first-order chi connectivity index (χ1) is 11.2. The molecular weight excluding hydrogens is 294 g/mol. The number of nitrogens with zero attached hydrogens (tertiary/aromatic N) is 1. The van der Waals surface area contributed by atoms with Gasteiger partial charge in [-0.2, -0.15) is 0 Å². The number of rotatable bonds is 6. The molecule has 1 aliphatic rings. The van der Waals surface area contributed by atoms with E-state index in [-0.39, 0.29) is 17.9 Å². The number of benzene rings is 1. The first-order valence-electron chi connectivity index (χ1n) is 8.16. The molecule has 1 saturated heterocycles. The molecule has 0 radical (unpaired) electrons. The van der Waals surface area contributed by atoms with Gasteiger partial charge in [0.1, 0.15) is 5.75 Å². The van der Waals surface area contributed by atoms with Crippen LogP contribution in [0.15, 0.2) is 24.3 Å². The van der Waals surface area contributed by atoms with Crippen molar-refractivity contribution in [3.05, 3.63) is 29.8 Å². The largest absolute Gasteiger partial charge is 0.497 e. The number of ether oxygens (including phenoxy) is 2. The number of carbonyl (C=O) groups excluding carboxylic acids is 2. The zero-order valence-corrected chi connectivity index (χ0v) is 13.9. The summed E-state index contributed by atoms with van der Waals surface area (Å²) in [6.45, 7) is 0.777. The van der Waals surface area contributed by atoms with Crippen LogP contribution in [0.3, 0.4) is 0 Å². The van der Waals surface area contributed by atoms with Gasteiger partial charge in [-0.15, -0.1) is 0 Å². The molecule has 0 saturated carbocycles. The Morgan fingerprint density at radius 2 is 2.04 bits per heavy atom. The van der Waals surface area contributed by atoms with Crippen molar-refractivity contribution < 1.29 is 19.1 Å². The molecule has 0 bridgehead atoms. The molecule has 2 rings (SSSR count). The van der Waals surface area contributed by atoms with E-state index in [1.807, 2.05) is 29.2 Å². The predicted octanol–water partition coefficient (Wildman–Crippen LogP) is 3.09. The summed E-state index contributed by atoms with van der Waals surface area (Å²) in [6, 6.07) is 8.03. The van der Waals surface area contributed by atoms with E-state index in [2.05, 4.69) is 4.74 Å². The molecule has 1 heterocycles. The Balaban J connectivity index is 2.02. The predicted molar refractivity (Wildman–Crippen MR) is 87.2 cm³/mol. The highest BCUT2D eigenvalue weighted by Gasteiger charge is 2.27. The maximum absolute atomic E-state index is 12.5. The summed E-state index contributed by atoms with van der Waals surface area (Å²) in [4.78, 5) is 25.7. The molecule has 0 spiro atoms. The number of hydrogen-bond donors (Lipinski definition) is 0. The standard InChI is InChI=1S/C18H25NO4/c1-22-15-8-5-7-14(13-15)16-9-3-4-12-19(16)17(20)10-6-11-18(21)23-2/h5,7-8,13,16H,3-4,6,9-12H2,1-2H3/t16-/m1/s1. The number of likely N-dealkylation sites (tertiary alicyclic amines) is 1. The highest BCUT2D eigenvalue weighted by Crippen LogP contribution is 2.33. The van der Waals surface area contributed by atoms with Crippen LogP contribution in [0.2, 0.25) is 0 Å². The molecule has 1 atom stereocenters. The van der Waals surface area contributed by atoms with Crippen LogP contribution in [0, 0.1) is 0 Å². The van der Waals surface area contributed by atoms with Gasteiger partial charge in [0, 0.05) is 19.4 Å². The van der Waals surface area contributed by atoms with Crippen molar-refractivity contribution in [2.75, 3.05) is 20.8 Å². The molecular formula is C18H25NO4. The fourth-order valence-corrected chi connectivity index (χ4v) is 3.06. The average Bonchev–Trinajstić information content (AvgIpc) is 2.61. The smallest absolute Gasteiger partial charge is 0.305 e. The van der Waals surface area contributed by atoms with Crippen LogP contribution in [0.1, 0.15) is 50.1 Å². The van der Waals surface area contributed by atoms with Gasteiger partial charge in [-0.25, -0.2) is 0 Å². The lowest BCUT2D eigenvalue weighted by Crippen LogP contribution is -2.38. The van der Waals surface area contributed by atoms with Gasteiger partial charge >= 0.3 is 5.97 Å². The van der Waals surface area contributed by atoms with E-state index in [9.17, 15) is 9.59 Å². The average molecular weight is 319 g/mol. The van der Waals surface area contributed by atoms with Crippen LogP contribution in [-0.4, -0.2) is 37.5 Å². The van der Waals surface area contributed by atoms with E-state index in [1.54, 1.807) is 7.11 Å². The van der Waals surface area contributed by atoms with Gasteiger partial charge < -0.3 is 14.4 Å². The lowest BCUT2D eigenvalue weighted by atomic mass is 9.94. The summed E-state index contributed by atoms with van der Waals surface area (Å²) in [5.41, 5.74) is 1.12. The van der Waals surface area contributed by atoms with Crippen LogP contribution in [0.4, 0.5) is 0 Å². The van der Waals surface area contributed by atoms with Gasteiger partial charge in [-0.05, 0) is 43.4 Å². The van der Waals surface area contributed by atoms with Crippen molar-refractivity contribution in [1.29, 1.82) is 0 Å². The van der Waals surface area contributed by atoms with E-state index in [0.717, 1.165) is 37.1 Å². The van der Waals surface area contributed by atoms with Gasteiger partial charge in [0.15, 0.2) is 0 Å². The molecule has 0 aliphatic carbocycles. The van der Waals surface area contributed by atoms with Crippen LogP contribution < -0.4 is 4.74 Å². The van der Waals surface area contributed by atoms with E-state index in [4.69, 9.17) is 4.74 Å². The Kier molecular flexibility index (Phi) is 6.44. The van der Waals surface area contributed by atoms with Crippen LogP contribution >= 0.6 is 0 Å². The third-order valence-electron chi connectivity index (χ3n) is 4.30. The van der Waals surface area contributed by atoms with Gasteiger partial charge in [0.05, 0.1) is 20.3 Å². The fraction of sp³-hybridized carbons (Fsp3) is 0.556. The van der Waals surface area contributed by atoms with Gasteiger partial charge in [-0.1, -0.05) is 12.1 Å². The van der Waals surface area contributed by atoms with Crippen molar-refractivity contribution >= 4 is 11.9 Å². The fourth-order valence-electron chi connectivity index (χ4n) is 3.06. The lowest BCUT2D eigenvalue weighted by molar-refractivity contribution is -0.141. The first kappa shape index (κ1) is 17.3. The van der Waals surface area contributed by atoms with Gasteiger partial charge in [-0.3, -0.25) is 9.59 Å². The molecule has 1 fully saturated rings. The molecule has 23 heavy (non-hydrogen) atoms.